The van der Waals surface area contributed by atoms with Crippen molar-refractivity contribution < 1.29 is 13.2 Å². The second-order valence-corrected chi connectivity index (χ2v) is 8.79. The average molecular weight is 386 g/mol. The number of rotatable bonds is 5. The topological polar surface area (TPSA) is 82.6 Å². The van der Waals surface area contributed by atoms with Crippen molar-refractivity contribution in [3.8, 4) is 0 Å². The Morgan fingerprint density at radius 3 is 2.30 bits per heavy atom. The van der Waals surface area contributed by atoms with Crippen molar-refractivity contribution in [3.05, 3.63) is 54.2 Å². The lowest BCUT2D eigenvalue weighted by Gasteiger charge is -2.34. The minimum atomic E-state index is -3.46. The van der Waals surface area contributed by atoms with Gasteiger partial charge in [-0.05, 0) is 37.1 Å². The average Bonchev–Trinajstić information content (AvgIpc) is 3.53. The van der Waals surface area contributed by atoms with Crippen LogP contribution >= 0.6 is 0 Å². The van der Waals surface area contributed by atoms with E-state index >= 15 is 0 Å². The third-order valence-corrected chi connectivity index (χ3v) is 6.78. The van der Waals surface area contributed by atoms with Crippen molar-refractivity contribution in [2.75, 3.05) is 31.1 Å². The fourth-order valence-electron chi connectivity index (χ4n) is 3.10. The van der Waals surface area contributed by atoms with E-state index in [4.69, 9.17) is 0 Å². The summed E-state index contributed by atoms with van der Waals surface area (Å²) < 4.78 is 26.9. The molecule has 2 aromatic rings. The van der Waals surface area contributed by atoms with Crippen molar-refractivity contribution in [3.63, 3.8) is 0 Å². The third kappa shape index (κ3) is 3.96. The van der Waals surface area contributed by atoms with Crippen LogP contribution in [0.25, 0.3) is 0 Å². The molecule has 0 spiro atoms. The van der Waals surface area contributed by atoms with E-state index in [9.17, 15) is 13.2 Å². The zero-order chi connectivity index (χ0) is 18.9. The minimum Gasteiger partial charge on any atom is -0.354 e. The maximum absolute atomic E-state index is 12.7. The van der Waals surface area contributed by atoms with Gasteiger partial charge in [-0.25, -0.2) is 13.4 Å². The van der Waals surface area contributed by atoms with Crippen LogP contribution in [0.2, 0.25) is 0 Å². The molecular formula is C19H22N4O3S. The first kappa shape index (κ1) is 17.9. The summed E-state index contributed by atoms with van der Waals surface area (Å²) in [5.74, 6) is 0.671. The van der Waals surface area contributed by atoms with E-state index in [-0.39, 0.29) is 5.91 Å². The molecule has 1 amide bonds. The second kappa shape index (κ2) is 7.28. The van der Waals surface area contributed by atoms with Crippen LogP contribution in [-0.2, 0) is 10.0 Å². The first-order chi connectivity index (χ1) is 13.0. The molecule has 2 fully saturated rings. The number of pyridine rings is 1. The molecule has 1 aromatic carbocycles. The van der Waals surface area contributed by atoms with E-state index in [2.05, 4.69) is 10.3 Å². The Labute approximate surface area is 159 Å². The van der Waals surface area contributed by atoms with Crippen LogP contribution in [0.15, 0.2) is 53.6 Å². The molecule has 0 bridgehead atoms. The molecule has 8 heteroatoms. The lowest BCUT2D eigenvalue weighted by Crippen LogP contribution is -2.48. The normalized spacial score (nSPS) is 18.3. The van der Waals surface area contributed by atoms with Crippen molar-refractivity contribution >= 4 is 21.7 Å². The highest BCUT2D eigenvalue weighted by molar-refractivity contribution is 7.89. The van der Waals surface area contributed by atoms with Crippen molar-refractivity contribution in [1.29, 1.82) is 0 Å². The largest absolute Gasteiger partial charge is 0.354 e. The number of nitrogens with one attached hydrogen (secondary N) is 1. The number of nitrogens with zero attached hydrogens (tertiary/aromatic N) is 3. The first-order valence-electron chi connectivity index (χ1n) is 9.11. The number of carbonyl (C=O) groups excluding carboxylic acids is 1. The molecule has 4 rings (SSSR count). The van der Waals surface area contributed by atoms with Crippen molar-refractivity contribution in [2.24, 2.45) is 0 Å². The van der Waals surface area contributed by atoms with Crippen LogP contribution in [-0.4, -0.2) is 55.8 Å². The number of hydrogen-bond acceptors (Lipinski definition) is 5. The Hall–Kier alpha value is -2.45. The van der Waals surface area contributed by atoms with Crippen LogP contribution < -0.4 is 10.2 Å². The van der Waals surface area contributed by atoms with Crippen LogP contribution in [0.1, 0.15) is 23.2 Å². The van der Waals surface area contributed by atoms with Gasteiger partial charge in [0.25, 0.3) is 5.91 Å². The van der Waals surface area contributed by atoms with Gasteiger partial charge in [0.15, 0.2) is 0 Å². The van der Waals surface area contributed by atoms with Gasteiger partial charge in [0.2, 0.25) is 10.0 Å². The number of aromatic nitrogens is 1. The molecule has 142 valence electrons. The summed E-state index contributed by atoms with van der Waals surface area (Å²) in [6.45, 7) is 1.94. The molecule has 0 unspecified atom stereocenters. The number of sulfonamides is 1. The highest BCUT2D eigenvalue weighted by Crippen LogP contribution is 2.21. The van der Waals surface area contributed by atoms with E-state index < -0.39 is 10.0 Å². The number of benzene rings is 1. The molecule has 1 aliphatic heterocycles. The Kier molecular flexibility index (Phi) is 4.84. The predicted octanol–water partition coefficient (Wildman–Crippen LogP) is 1.48. The predicted molar refractivity (Wildman–Crippen MR) is 102 cm³/mol. The summed E-state index contributed by atoms with van der Waals surface area (Å²) in [6.07, 6.45) is 3.68. The lowest BCUT2D eigenvalue weighted by molar-refractivity contribution is 0.0950. The molecule has 1 aliphatic carbocycles. The number of anilines is 1. The monoisotopic (exact) mass is 386 g/mol. The van der Waals surface area contributed by atoms with Gasteiger partial charge in [0.1, 0.15) is 5.82 Å². The highest BCUT2D eigenvalue weighted by Gasteiger charge is 2.29. The van der Waals surface area contributed by atoms with E-state index in [1.165, 1.54) is 4.31 Å². The van der Waals surface area contributed by atoms with Gasteiger partial charge in [-0.1, -0.05) is 18.2 Å². The zero-order valence-corrected chi connectivity index (χ0v) is 15.7. The van der Waals surface area contributed by atoms with Crippen molar-refractivity contribution in [2.45, 2.75) is 23.8 Å². The van der Waals surface area contributed by atoms with E-state index in [0.717, 1.165) is 18.7 Å². The smallest absolute Gasteiger partial charge is 0.253 e. The first-order valence-corrected chi connectivity index (χ1v) is 10.5. The Balaban J connectivity index is 1.38. The van der Waals surface area contributed by atoms with E-state index in [1.54, 1.807) is 42.6 Å². The van der Waals surface area contributed by atoms with Crippen LogP contribution in [0, 0.1) is 0 Å². The maximum atomic E-state index is 12.7. The summed E-state index contributed by atoms with van der Waals surface area (Å²) in [5.41, 5.74) is 0.552. The number of piperazine rings is 1. The molecule has 0 radical (unpaired) electrons. The highest BCUT2D eigenvalue weighted by atomic mass is 32.2. The van der Waals surface area contributed by atoms with Gasteiger partial charge in [-0.15, -0.1) is 0 Å². The quantitative estimate of drug-likeness (QED) is 0.842. The van der Waals surface area contributed by atoms with Crippen molar-refractivity contribution in [1.82, 2.24) is 14.6 Å². The second-order valence-electron chi connectivity index (χ2n) is 6.86. The number of carbonyl (C=O) groups is 1. The van der Waals surface area contributed by atoms with Gasteiger partial charge in [0.05, 0.1) is 10.5 Å². The van der Waals surface area contributed by atoms with E-state index in [0.29, 0.717) is 42.7 Å². The van der Waals surface area contributed by atoms with Crippen LogP contribution in [0.3, 0.4) is 0 Å². The number of amides is 1. The Morgan fingerprint density at radius 2 is 1.70 bits per heavy atom. The van der Waals surface area contributed by atoms with Gasteiger partial charge in [-0.2, -0.15) is 4.31 Å². The lowest BCUT2D eigenvalue weighted by atomic mass is 10.2. The molecule has 1 saturated heterocycles. The molecule has 1 saturated carbocycles. The standard InChI is InChI=1S/C19H22N4O3S/c24-19(21-16-7-8-16)15-6-9-18(20-14-15)22-10-12-23(13-11-22)27(25,26)17-4-2-1-3-5-17/h1-6,9,14,16H,7-8,10-13H2,(H,21,24). The minimum absolute atomic E-state index is 0.0877. The maximum Gasteiger partial charge on any atom is 0.253 e. The molecule has 0 atom stereocenters. The Bertz CT molecular complexity index is 904. The van der Waals surface area contributed by atoms with Gasteiger partial charge in [0, 0.05) is 38.4 Å². The SMILES string of the molecule is O=C(NC1CC1)c1ccc(N2CCN(S(=O)(=O)c3ccccc3)CC2)nc1. The summed E-state index contributed by atoms with van der Waals surface area (Å²) in [6, 6.07) is 12.4. The molecule has 1 N–H and O–H groups in total. The Morgan fingerprint density at radius 1 is 1.00 bits per heavy atom. The summed E-state index contributed by atoms with van der Waals surface area (Å²) in [5, 5.41) is 2.94. The molecule has 27 heavy (non-hydrogen) atoms. The van der Waals surface area contributed by atoms with Crippen LogP contribution in [0.4, 0.5) is 5.82 Å². The summed E-state index contributed by atoms with van der Waals surface area (Å²) in [4.78, 5) is 18.8. The zero-order valence-electron chi connectivity index (χ0n) is 14.9. The van der Waals surface area contributed by atoms with Gasteiger partial charge >= 0.3 is 0 Å². The van der Waals surface area contributed by atoms with Gasteiger partial charge in [-0.3, -0.25) is 4.79 Å². The summed E-state index contributed by atoms with van der Waals surface area (Å²) >= 11 is 0. The molecular weight excluding hydrogens is 364 g/mol. The fraction of sp³-hybridized carbons (Fsp3) is 0.368. The molecule has 2 aliphatic rings. The molecule has 7 nitrogen and oxygen atoms in total. The third-order valence-electron chi connectivity index (χ3n) is 4.87. The van der Waals surface area contributed by atoms with E-state index in [1.807, 2.05) is 11.0 Å². The van der Waals surface area contributed by atoms with Gasteiger partial charge < -0.3 is 10.2 Å². The number of hydrogen-bond donors (Lipinski definition) is 1. The molecule has 1 aromatic heterocycles. The van der Waals surface area contributed by atoms with Crippen LogP contribution in [0.5, 0.6) is 0 Å². The fourth-order valence-corrected chi connectivity index (χ4v) is 4.55. The summed E-state index contributed by atoms with van der Waals surface area (Å²) in [7, 11) is -3.46. The molecule has 2 heterocycles.